The number of amides is 3. The van der Waals surface area contributed by atoms with Gasteiger partial charge >= 0.3 is 6.03 Å². The number of pyridine rings is 1. The van der Waals surface area contributed by atoms with Crippen LogP contribution in [-0.2, 0) is 4.79 Å². The second kappa shape index (κ2) is 3.73. The zero-order chi connectivity index (χ0) is 12.7. The minimum absolute atomic E-state index is 0.246. The summed E-state index contributed by atoms with van der Waals surface area (Å²) in [7, 11) is 0. The van der Waals surface area contributed by atoms with E-state index in [4.69, 9.17) is 5.73 Å². The van der Waals surface area contributed by atoms with Crippen LogP contribution in [0.1, 0.15) is 6.42 Å². The lowest BCUT2D eigenvalue weighted by atomic mass is 10.2. The van der Waals surface area contributed by atoms with Crippen LogP contribution in [0.2, 0.25) is 0 Å². The fourth-order valence-corrected chi connectivity index (χ4v) is 1.98. The van der Waals surface area contributed by atoms with Gasteiger partial charge in [0.1, 0.15) is 12.1 Å². The number of nitrogen functional groups attached to an aromatic ring is 1. The van der Waals surface area contributed by atoms with Gasteiger partial charge in [0, 0.05) is 19.2 Å². The van der Waals surface area contributed by atoms with Gasteiger partial charge in [-0.3, -0.25) is 15.0 Å². The number of imidazole rings is 1. The van der Waals surface area contributed by atoms with Crippen LogP contribution in [0.15, 0.2) is 24.7 Å². The van der Waals surface area contributed by atoms with Crippen LogP contribution < -0.4 is 16.0 Å². The first-order valence-corrected chi connectivity index (χ1v) is 5.49. The number of aromatic nitrogens is 2. The Morgan fingerprint density at radius 3 is 2.94 bits per heavy atom. The molecule has 3 amide bonds. The Bertz CT molecular complexity index is 648. The minimum Gasteiger partial charge on any atom is -0.382 e. The van der Waals surface area contributed by atoms with Crippen LogP contribution in [0.25, 0.3) is 5.52 Å². The van der Waals surface area contributed by atoms with Crippen LogP contribution in [0.4, 0.5) is 16.3 Å². The number of nitrogens with zero attached hydrogens (tertiary/aromatic N) is 3. The molecule has 0 aromatic carbocycles. The summed E-state index contributed by atoms with van der Waals surface area (Å²) in [6.07, 6.45) is 3.64. The van der Waals surface area contributed by atoms with Crippen LogP contribution in [0, 0.1) is 0 Å². The largest absolute Gasteiger partial charge is 0.382 e. The first-order chi connectivity index (χ1) is 8.65. The maximum absolute atomic E-state index is 11.7. The normalized spacial score (nSPS) is 16.1. The third-order valence-corrected chi connectivity index (χ3v) is 2.91. The summed E-state index contributed by atoms with van der Waals surface area (Å²) in [5.74, 6) is 0.198. The molecule has 1 saturated heterocycles. The van der Waals surface area contributed by atoms with E-state index in [1.165, 1.54) is 4.90 Å². The van der Waals surface area contributed by atoms with Crippen molar-refractivity contribution in [3.05, 3.63) is 24.7 Å². The zero-order valence-electron chi connectivity index (χ0n) is 9.46. The van der Waals surface area contributed by atoms with E-state index < -0.39 is 6.03 Å². The molecule has 3 N–H and O–H groups in total. The molecule has 7 nitrogen and oxygen atoms in total. The average Bonchev–Trinajstić information content (AvgIpc) is 2.71. The summed E-state index contributed by atoms with van der Waals surface area (Å²) in [6.45, 7) is 0.375. The van der Waals surface area contributed by atoms with Crippen LogP contribution in [0.3, 0.4) is 0 Å². The summed E-state index contributed by atoms with van der Waals surface area (Å²) in [6, 6.07) is 3.17. The maximum atomic E-state index is 11.7. The molecule has 92 valence electrons. The Kier molecular flexibility index (Phi) is 2.19. The lowest BCUT2D eigenvalue weighted by Crippen LogP contribution is -2.49. The highest BCUT2D eigenvalue weighted by molar-refractivity contribution is 6.05. The van der Waals surface area contributed by atoms with Gasteiger partial charge in [0.05, 0.1) is 11.2 Å². The van der Waals surface area contributed by atoms with Crippen molar-refractivity contribution in [1.82, 2.24) is 14.7 Å². The number of urea groups is 1. The van der Waals surface area contributed by atoms with Crippen molar-refractivity contribution in [3.63, 3.8) is 0 Å². The Labute approximate surface area is 102 Å². The topological polar surface area (TPSA) is 92.7 Å². The monoisotopic (exact) mass is 245 g/mol. The van der Waals surface area contributed by atoms with Gasteiger partial charge in [-0.15, -0.1) is 0 Å². The molecule has 0 atom stereocenters. The lowest BCUT2D eigenvalue weighted by Gasteiger charge is -2.26. The molecule has 0 spiro atoms. The highest BCUT2D eigenvalue weighted by Crippen LogP contribution is 2.20. The van der Waals surface area contributed by atoms with Crippen LogP contribution >= 0.6 is 0 Å². The Balaban J connectivity index is 1.99. The molecule has 0 radical (unpaired) electrons. The number of carbonyl (C=O) groups excluding carboxylic acids is 2. The second-order valence-corrected chi connectivity index (χ2v) is 4.06. The van der Waals surface area contributed by atoms with E-state index in [9.17, 15) is 9.59 Å². The molecule has 0 aliphatic carbocycles. The van der Waals surface area contributed by atoms with Gasteiger partial charge in [0.25, 0.3) is 0 Å². The highest BCUT2D eigenvalue weighted by atomic mass is 16.2. The Morgan fingerprint density at radius 1 is 1.33 bits per heavy atom. The number of hydrogen-bond donors (Lipinski definition) is 2. The predicted octanol–water partition coefficient (Wildman–Crippen LogP) is 0.363. The number of nitrogens with one attached hydrogen (secondary N) is 1. The van der Waals surface area contributed by atoms with Gasteiger partial charge in [0.2, 0.25) is 5.91 Å². The molecule has 1 aliphatic rings. The van der Waals surface area contributed by atoms with Gasteiger partial charge in [-0.05, 0) is 12.1 Å². The number of carbonyl (C=O) groups is 2. The van der Waals surface area contributed by atoms with E-state index >= 15 is 0 Å². The summed E-state index contributed by atoms with van der Waals surface area (Å²) < 4.78 is 1.74. The van der Waals surface area contributed by atoms with E-state index in [2.05, 4.69) is 10.3 Å². The molecule has 3 heterocycles. The third kappa shape index (κ3) is 1.56. The van der Waals surface area contributed by atoms with Crippen molar-refractivity contribution in [1.29, 1.82) is 0 Å². The molecule has 7 heteroatoms. The number of hydrogen-bond acceptors (Lipinski definition) is 4. The van der Waals surface area contributed by atoms with Gasteiger partial charge in [-0.2, -0.15) is 0 Å². The first-order valence-electron chi connectivity index (χ1n) is 5.49. The molecule has 3 rings (SSSR count). The summed E-state index contributed by atoms with van der Waals surface area (Å²) in [4.78, 5) is 28.3. The molecule has 18 heavy (non-hydrogen) atoms. The molecule has 0 saturated carbocycles. The molecule has 2 aromatic rings. The van der Waals surface area contributed by atoms with Crippen molar-refractivity contribution < 1.29 is 9.59 Å². The zero-order valence-corrected chi connectivity index (χ0v) is 9.46. The number of nitrogens with two attached hydrogens (primary N) is 1. The number of rotatable bonds is 1. The Morgan fingerprint density at radius 2 is 2.17 bits per heavy atom. The SMILES string of the molecule is Nc1ncn2cc(N3CCC(=O)NC3=O)ccc12. The number of anilines is 2. The standard InChI is InChI=1S/C11H11N5O2/c12-10-8-2-1-7(5-15(8)6-13-10)16-4-3-9(17)14-11(16)18/h1-2,5-6H,3-4,12H2,(H,14,17,18). The summed E-state index contributed by atoms with van der Waals surface area (Å²) in [5.41, 5.74) is 7.16. The van der Waals surface area contributed by atoms with Gasteiger partial charge in [0.15, 0.2) is 0 Å². The molecule has 1 aliphatic heterocycles. The van der Waals surface area contributed by atoms with Gasteiger partial charge in [-0.1, -0.05) is 0 Å². The van der Waals surface area contributed by atoms with E-state index in [0.717, 1.165) is 5.52 Å². The minimum atomic E-state index is -0.404. The van der Waals surface area contributed by atoms with Crippen LogP contribution in [0.5, 0.6) is 0 Å². The van der Waals surface area contributed by atoms with E-state index in [1.54, 1.807) is 29.1 Å². The second-order valence-electron chi connectivity index (χ2n) is 4.06. The van der Waals surface area contributed by atoms with Crippen LogP contribution in [-0.4, -0.2) is 27.9 Å². The quantitative estimate of drug-likeness (QED) is 0.758. The fraction of sp³-hybridized carbons (Fsp3) is 0.182. The summed E-state index contributed by atoms with van der Waals surface area (Å²) >= 11 is 0. The predicted molar refractivity (Wildman–Crippen MR) is 65.1 cm³/mol. The van der Waals surface area contributed by atoms with Crippen molar-refractivity contribution in [2.75, 3.05) is 17.2 Å². The number of imide groups is 1. The molecule has 0 unspecified atom stereocenters. The maximum Gasteiger partial charge on any atom is 0.328 e. The number of fused-ring (bicyclic) bond motifs is 1. The smallest absolute Gasteiger partial charge is 0.328 e. The first kappa shape index (κ1) is 10.6. The third-order valence-electron chi connectivity index (χ3n) is 2.91. The fourth-order valence-electron chi connectivity index (χ4n) is 1.98. The summed E-state index contributed by atoms with van der Waals surface area (Å²) in [5, 5.41) is 2.28. The van der Waals surface area contributed by atoms with Gasteiger partial charge in [-0.25, -0.2) is 9.78 Å². The lowest BCUT2D eigenvalue weighted by molar-refractivity contribution is -0.120. The van der Waals surface area contributed by atoms with Crippen molar-refractivity contribution >= 4 is 29.0 Å². The molecule has 0 bridgehead atoms. The molecule has 2 aromatic heterocycles. The van der Waals surface area contributed by atoms with E-state index in [-0.39, 0.29) is 5.91 Å². The Hall–Kier alpha value is -2.57. The van der Waals surface area contributed by atoms with Crippen molar-refractivity contribution in [2.24, 2.45) is 0 Å². The van der Waals surface area contributed by atoms with Crippen molar-refractivity contribution in [3.8, 4) is 0 Å². The molecule has 1 fully saturated rings. The highest BCUT2D eigenvalue weighted by Gasteiger charge is 2.24. The van der Waals surface area contributed by atoms with Crippen molar-refractivity contribution in [2.45, 2.75) is 6.42 Å². The van der Waals surface area contributed by atoms with E-state index in [1.807, 2.05) is 0 Å². The van der Waals surface area contributed by atoms with Gasteiger partial charge < -0.3 is 10.1 Å². The average molecular weight is 245 g/mol. The van der Waals surface area contributed by atoms with E-state index in [0.29, 0.717) is 24.5 Å². The molecular weight excluding hydrogens is 234 g/mol. The molecular formula is C11H11N5O2.